The number of nitrogens with zero attached hydrogens (tertiary/aromatic N) is 1. The molecule has 1 atom stereocenters. The number of hydrogen-bond acceptors (Lipinski definition) is 3. The minimum atomic E-state index is -0.399. The number of anilines is 1. The first-order valence-corrected chi connectivity index (χ1v) is 8.21. The molecule has 0 saturated heterocycles. The van der Waals surface area contributed by atoms with Gasteiger partial charge in [-0.3, -0.25) is 9.79 Å². The SMILES string of the molecule is CC1(C)CC2(C=CC(=O)c3ccccc32)C(c2ccccc2N)=N1. The second-order valence-electron chi connectivity index (χ2n) is 7.25. The van der Waals surface area contributed by atoms with E-state index in [0.29, 0.717) is 0 Å². The van der Waals surface area contributed by atoms with Gasteiger partial charge in [0.25, 0.3) is 0 Å². The molecule has 1 spiro atoms. The van der Waals surface area contributed by atoms with Crippen molar-refractivity contribution in [3.63, 3.8) is 0 Å². The Morgan fingerprint density at radius 3 is 2.42 bits per heavy atom. The van der Waals surface area contributed by atoms with Gasteiger partial charge in [0.1, 0.15) is 0 Å². The average Bonchev–Trinajstić information content (AvgIpc) is 2.84. The number of aliphatic imine (C=N–C) groups is 1. The van der Waals surface area contributed by atoms with E-state index in [4.69, 9.17) is 10.7 Å². The number of carbonyl (C=O) groups is 1. The molecule has 0 aromatic heterocycles. The number of nitrogen functional groups attached to an aromatic ring is 1. The van der Waals surface area contributed by atoms with Gasteiger partial charge in [-0.05, 0) is 38.0 Å². The minimum Gasteiger partial charge on any atom is -0.398 e. The highest BCUT2D eigenvalue weighted by Crippen LogP contribution is 2.48. The van der Waals surface area contributed by atoms with Crippen molar-refractivity contribution in [3.05, 3.63) is 77.4 Å². The van der Waals surface area contributed by atoms with Crippen LogP contribution in [0.15, 0.2) is 65.7 Å². The van der Waals surface area contributed by atoms with Crippen LogP contribution in [-0.2, 0) is 5.41 Å². The van der Waals surface area contributed by atoms with E-state index in [-0.39, 0.29) is 11.3 Å². The largest absolute Gasteiger partial charge is 0.398 e. The first-order valence-electron chi connectivity index (χ1n) is 8.21. The molecule has 2 N–H and O–H groups in total. The van der Waals surface area contributed by atoms with E-state index < -0.39 is 5.41 Å². The number of fused-ring (bicyclic) bond motifs is 2. The first-order chi connectivity index (χ1) is 11.4. The van der Waals surface area contributed by atoms with Crippen molar-refractivity contribution in [3.8, 4) is 0 Å². The monoisotopic (exact) mass is 316 g/mol. The highest BCUT2D eigenvalue weighted by Gasteiger charge is 2.49. The van der Waals surface area contributed by atoms with Crippen molar-refractivity contribution in [2.24, 2.45) is 4.99 Å². The number of nitrogens with two attached hydrogens (primary N) is 1. The first kappa shape index (κ1) is 14.9. The van der Waals surface area contributed by atoms with Gasteiger partial charge < -0.3 is 5.73 Å². The third-order valence-corrected chi connectivity index (χ3v) is 4.96. The van der Waals surface area contributed by atoms with Gasteiger partial charge in [0, 0.05) is 16.8 Å². The topological polar surface area (TPSA) is 55.5 Å². The van der Waals surface area contributed by atoms with E-state index >= 15 is 0 Å². The van der Waals surface area contributed by atoms with E-state index in [1.54, 1.807) is 6.08 Å². The third-order valence-electron chi connectivity index (χ3n) is 4.96. The standard InChI is InChI=1S/C21H20N2O/c1-20(2)13-21(19(23-20)15-8-4-6-10-17(15)22)12-11-18(24)14-7-3-5-9-16(14)21/h3-12H,13,22H2,1-2H3. The number of rotatable bonds is 1. The summed E-state index contributed by atoms with van der Waals surface area (Å²) in [5.41, 5.74) is 10.1. The lowest BCUT2D eigenvalue weighted by Crippen LogP contribution is -2.37. The second-order valence-corrected chi connectivity index (χ2v) is 7.25. The zero-order valence-corrected chi connectivity index (χ0v) is 13.9. The van der Waals surface area contributed by atoms with Crippen molar-refractivity contribution in [1.82, 2.24) is 0 Å². The third kappa shape index (κ3) is 2.04. The van der Waals surface area contributed by atoms with Gasteiger partial charge in [-0.1, -0.05) is 48.5 Å². The predicted molar refractivity (Wildman–Crippen MR) is 97.7 cm³/mol. The number of para-hydroxylation sites is 1. The van der Waals surface area contributed by atoms with Gasteiger partial charge in [-0.25, -0.2) is 0 Å². The summed E-state index contributed by atoms with van der Waals surface area (Å²) in [6, 6.07) is 15.7. The molecule has 0 radical (unpaired) electrons. The van der Waals surface area contributed by atoms with Crippen LogP contribution in [0.25, 0.3) is 0 Å². The molecule has 120 valence electrons. The fourth-order valence-corrected chi connectivity index (χ4v) is 4.07. The summed E-state index contributed by atoms with van der Waals surface area (Å²) in [6.45, 7) is 4.27. The number of allylic oxidation sites excluding steroid dienone is 2. The van der Waals surface area contributed by atoms with Gasteiger partial charge in [0.2, 0.25) is 0 Å². The minimum absolute atomic E-state index is 0.0568. The summed E-state index contributed by atoms with van der Waals surface area (Å²) < 4.78 is 0. The molecule has 0 fully saturated rings. The van der Waals surface area contributed by atoms with Gasteiger partial charge in [-0.2, -0.15) is 0 Å². The Labute approximate surface area is 141 Å². The molecule has 0 bridgehead atoms. The van der Waals surface area contributed by atoms with Gasteiger partial charge in [-0.15, -0.1) is 0 Å². The molecule has 1 unspecified atom stereocenters. The molecule has 3 heteroatoms. The van der Waals surface area contributed by atoms with Crippen molar-refractivity contribution in [1.29, 1.82) is 0 Å². The summed E-state index contributed by atoms with van der Waals surface area (Å²) in [7, 11) is 0. The second kappa shape index (κ2) is 4.91. The normalized spacial score (nSPS) is 24.1. The molecule has 24 heavy (non-hydrogen) atoms. The van der Waals surface area contributed by atoms with E-state index in [9.17, 15) is 4.79 Å². The fourth-order valence-electron chi connectivity index (χ4n) is 4.07. The Balaban J connectivity index is 2.01. The highest BCUT2D eigenvalue weighted by molar-refractivity contribution is 6.18. The molecule has 2 aromatic carbocycles. The molecule has 0 saturated carbocycles. The van der Waals surface area contributed by atoms with E-state index in [1.807, 2.05) is 54.6 Å². The molecule has 1 aliphatic carbocycles. The van der Waals surface area contributed by atoms with Crippen molar-refractivity contribution >= 4 is 17.2 Å². The van der Waals surface area contributed by atoms with Crippen molar-refractivity contribution in [2.75, 3.05) is 5.73 Å². The maximum Gasteiger partial charge on any atom is 0.185 e. The van der Waals surface area contributed by atoms with Crippen LogP contribution in [0.5, 0.6) is 0 Å². The Hall–Kier alpha value is -2.68. The lowest BCUT2D eigenvalue weighted by Gasteiger charge is -2.34. The Morgan fingerprint density at radius 2 is 1.67 bits per heavy atom. The van der Waals surface area contributed by atoms with Crippen LogP contribution < -0.4 is 5.73 Å². The number of benzene rings is 2. The van der Waals surface area contributed by atoms with Crippen LogP contribution in [0.2, 0.25) is 0 Å². The predicted octanol–water partition coefficient (Wildman–Crippen LogP) is 3.93. The molecule has 3 nitrogen and oxygen atoms in total. The molecular formula is C21H20N2O. The van der Waals surface area contributed by atoms with E-state index in [2.05, 4.69) is 13.8 Å². The zero-order valence-electron chi connectivity index (χ0n) is 13.9. The summed E-state index contributed by atoms with van der Waals surface area (Å²) >= 11 is 0. The van der Waals surface area contributed by atoms with Crippen LogP contribution in [0.3, 0.4) is 0 Å². The van der Waals surface area contributed by atoms with Crippen LogP contribution in [0, 0.1) is 0 Å². The van der Waals surface area contributed by atoms with Gasteiger partial charge in [0.05, 0.1) is 16.7 Å². The van der Waals surface area contributed by atoms with Crippen molar-refractivity contribution in [2.45, 2.75) is 31.2 Å². The summed E-state index contributed by atoms with van der Waals surface area (Å²) in [6.07, 6.45) is 4.54. The Bertz CT molecular complexity index is 908. The zero-order chi connectivity index (χ0) is 16.9. The molecule has 0 amide bonds. The summed E-state index contributed by atoms with van der Waals surface area (Å²) in [5, 5.41) is 0. The van der Waals surface area contributed by atoms with Crippen LogP contribution in [0.4, 0.5) is 5.69 Å². The Morgan fingerprint density at radius 1 is 1.00 bits per heavy atom. The van der Waals surface area contributed by atoms with Crippen LogP contribution in [0.1, 0.15) is 41.8 Å². The number of carbonyl (C=O) groups excluding carboxylic acids is 1. The molecule has 1 aliphatic heterocycles. The van der Waals surface area contributed by atoms with Crippen LogP contribution >= 0.6 is 0 Å². The average molecular weight is 316 g/mol. The van der Waals surface area contributed by atoms with Crippen molar-refractivity contribution < 1.29 is 4.79 Å². The Kier molecular flexibility index (Phi) is 3.04. The van der Waals surface area contributed by atoms with E-state index in [1.165, 1.54) is 0 Å². The summed E-state index contributed by atoms with van der Waals surface area (Å²) in [4.78, 5) is 17.4. The number of hydrogen-bond donors (Lipinski definition) is 1. The number of ketones is 1. The quantitative estimate of drug-likeness (QED) is 0.810. The van der Waals surface area contributed by atoms with Gasteiger partial charge >= 0.3 is 0 Å². The maximum absolute atomic E-state index is 12.3. The maximum atomic E-state index is 12.3. The molecule has 2 aliphatic rings. The molecule has 4 rings (SSSR count). The van der Waals surface area contributed by atoms with Crippen LogP contribution in [-0.4, -0.2) is 17.0 Å². The molecule has 1 heterocycles. The lowest BCUT2D eigenvalue weighted by atomic mass is 9.66. The smallest absolute Gasteiger partial charge is 0.185 e. The van der Waals surface area contributed by atoms with E-state index in [0.717, 1.165) is 34.5 Å². The summed E-state index contributed by atoms with van der Waals surface area (Å²) in [5.74, 6) is 0.0568. The lowest BCUT2D eigenvalue weighted by molar-refractivity contribution is 0.104. The molecular weight excluding hydrogens is 296 g/mol. The van der Waals surface area contributed by atoms with Gasteiger partial charge in [0.15, 0.2) is 5.78 Å². The molecule has 2 aromatic rings. The highest BCUT2D eigenvalue weighted by atomic mass is 16.1. The fraction of sp³-hybridized carbons (Fsp3) is 0.238.